The summed E-state index contributed by atoms with van der Waals surface area (Å²) in [5, 5.41) is 3.37. The van der Waals surface area contributed by atoms with E-state index in [1.54, 1.807) is 11.0 Å². The van der Waals surface area contributed by atoms with Gasteiger partial charge in [0.2, 0.25) is 11.8 Å². The molecule has 29 heavy (non-hydrogen) atoms. The van der Waals surface area contributed by atoms with E-state index in [2.05, 4.69) is 15.3 Å². The summed E-state index contributed by atoms with van der Waals surface area (Å²) < 4.78 is 37.7. The Bertz CT molecular complexity index is 879. The summed E-state index contributed by atoms with van der Waals surface area (Å²) in [6.07, 6.45) is 2.04. The number of thiazole rings is 1. The van der Waals surface area contributed by atoms with E-state index in [0.717, 1.165) is 12.8 Å². The third-order valence-electron chi connectivity index (χ3n) is 5.02. The smallest absolute Gasteiger partial charge is 0.282 e. The van der Waals surface area contributed by atoms with Crippen LogP contribution in [-0.2, 0) is 9.53 Å². The van der Waals surface area contributed by atoms with E-state index in [0.29, 0.717) is 40.5 Å². The van der Waals surface area contributed by atoms with Gasteiger partial charge in [-0.15, -0.1) is 0 Å². The summed E-state index contributed by atoms with van der Waals surface area (Å²) in [6, 6.07) is 3.58. The van der Waals surface area contributed by atoms with E-state index < -0.39 is 5.92 Å². The van der Waals surface area contributed by atoms with Gasteiger partial charge in [0.25, 0.3) is 5.92 Å². The number of fused-ring (bicyclic) bond motifs is 1. The normalized spacial score (nSPS) is 23.9. The molecule has 1 aliphatic carbocycles. The summed E-state index contributed by atoms with van der Waals surface area (Å²) in [7, 11) is 0. The van der Waals surface area contributed by atoms with E-state index >= 15 is 0 Å². The summed E-state index contributed by atoms with van der Waals surface area (Å²) in [5.74, 6) is -1.74. The van der Waals surface area contributed by atoms with Gasteiger partial charge >= 0.3 is 0 Å². The molecule has 1 atom stereocenters. The highest BCUT2D eigenvalue weighted by Crippen LogP contribution is 2.36. The first-order valence-corrected chi connectivity index (χ1v) is 10.5. The maximum absolute atomic E-state index is 13.0. The second kappa shape index (κ2) is 7.98. The maximum atomic E-state index is 13.0. The number of hydrogen-bond donors (Lipinski definition) is 1. The zero-order valence-electron chi connectivity index (χ0n) is 16.4. The van der Waals surface area contributed by atoms with Crippen LogP contribution >= 0.6 is 11.3 Å². The lowest BCUT2D eigenvalue weighted by Crippen LogP contribution is -2.56. The van der Waals surface area contributed by atoms with Crippen LogP contribution in [0, 0.1) is 5.92 Å². The number of pyridine rings is 1. The van der Waals surface area contributed by atoms with Crippen LogP contribution < -0.4 is 15.0 Å². The number of amides is 1. The van der Waals surface area contributed by atoms with Crippen molar-refractivity contribution in [2.75, 3.05) is 31.2 Å². The summed E-state index contributed by atoms with van der Waals surface area (Å²) in [5.41, 5.74) is 0.693. The molecule has 1 saturated carbocycles. The molecule has 0 radical (unpaired) electrons. The molecule has 10 heteroatoms. The van der Waals surface area contributed by atoms with Crippen LogP contribution in [0.15, 0.2) is 12.1 Å². The lowest BCUT2D eigenvalue weighted by Gasteiger charge is -2.38. The van der Waals surface area contributed by atoms with Gasteiger partial charge in [0, 0.05) is 19.0 Å². The maximum Gasteiger partial charge on any atom is 0.282 e. The van der Waals surface area contributed by atoms with Gasteiger partial charge in [0.15, 0.2) is 5.13 Å². The first-order valence-electron chi connectivity index (χ1n) is 9.69. The van der Waals surface area contributed by atoms with Crippen molar-refractivity contribution in [3.05, 3.63) is 12.1 Å². The van der Waals surface area contributed by atoms with Crippen LogP contribution in [0.5, 0.6) is 5.88 Å². The Balaban J connectivity index is 1.21. The van der Waals surface area contributed by atoms with Crippen LogP contribution in [0.1, 0.15) is 26.7 Å². The molecule has 2 fully saturated rings. The Hall–Kier alpha value is -2.07. The zero-order chi connectivity index (χ0) is 20.6. The highest BCUT2D eigenvalue weighted by atomic mass is 32.1. The Morgan fingerprint density at radius 1 is 1.38 bits per heavy atom. The SMILES string of the molecule is CC(=O)N[C@@H](C)CO[C@H]1C[C@H](COc2ccc3nc(N4CC(F)(F)C4)sc3n2)C1. The van der Waals surface area contributed by atoms with Crippen molar-refractivity contribution in [2.45, 2.75) is 44.8 Å². The van der Waals surface area contributed by atoms with Gasteiger partial charge in [-0.05, 0) is 31.7 Å². The monoisotopic (exact) mass is 426 g/mol. The number of carbonyl (C=O) groups excluding carboxylic acids is 1. The van der Waals surface area contributed by atoms with Gasteiger partial charge in [-0.2, -0.15) is 0 Å². The molecule has 7 nitrogen and oxygen atoms in total. The Labute approximate surface area is 171 Å². The first-order chi connectivity index (χ1) is 13.8. The molecular weight excluding hydrogens is 402 g/mol. The van der Waals surface area contributed by atoms with Crippen molar-refractivity contribution >= 4 is 32.7 Å². The fourth-order valence-corrected chi connectivity index (χ4v) is 4.40. The van der Waals surface area contributed by atoms with Gasteiger partial charge in [-0.1, -0.05) is 11.3 Å². The third kappa shape index (κ3) is 4.92. The van der Waals surface area contributed by atoms with E-state index in [1.807, 2.05) is 13.0 Å². The number of ether oxygens (including phenoxy) is 2. The Morgan fingerprint density at radius 2 is 2.14 bits per heavy atom. The minimum Gasteiger partial charge on any atom is -0.477 e. The van der Waals surface area contributed by atoms with Gasteiger partial charge in [0.1, 0.15) is 10.3 Å². The van der Waals surface area contributed by atoms with Gasteiger partial charge in [0.05, 0.1) is 32.4 Å². The van der Waals surface area contributed by atoms with Crippen LogP contribution in [0.4, 0.5) is 13.9 Å². The minimum atomic E-state index is -2.62. The number of alkyl halides is 2. The lowest BCUT2D eigenvalue weighted by atomic mass is 9.83. The lowest BCUT2D eigenvalue weighted by molar-refractivity contribution is -0.120. The highest BCUT2D eigenvalue weighted by molar-refractivity contribution is 7.21. The van der Waals surface area contributed by atoms with E-state index in [4.69, 9.17) is 9.47 Å². The molecule has 2 aromatic rings. The van der Waals surface area contributed by atoms with Gasteiger partial charge in [-0.3, -0.25) is 4.79 Å². The quantitative estimate of drug-likeness (QED) is 0.700. The first kappa shape index (κ1) is 20.2. The summed E-state index contributed by atoms with van der Waals surface area (Å²) in [6.45, 7) is 3.90. The number of nitrogens with zero attached hydrogens (tertiary/aromatic N) is 3. The molecule has 1 amide bonds. The molecule has 3 heterocycles. The molecule has 0 spiro atoms. The van der Waals surface area contributed by atoms with Gasteiger partial charge < -0.3 is 19.7 Å². The van der Waals surface area contributed by atoms with Crippen molar-refractivity contribution in [2.24, 2.45) is 5.92 Å². The van der Waals surface area contributed by atoms with Gasteiger partial charge in [-0.25, -0.2) is 18.7 Å². The molecule has 1 N–H and O–H groups in total. The predicted molar refractivity (Wildman–Crippen MR) is 106 cm³/mol. The van der Waals surface area contributed by atoms with Crippen molar-refractivity contribution in [1.29, 1.82) is 0 Å². The van der Waals surface area contributed by atoms with Crippen molar-refractivity contribution < 1.29 is 23.0 Å². The molecule has 0 bridgehead atoms. The molecule has 1 saturated heterocycles. The fourth-order valence-electron chi connectivity index (χ4n) is 3.47. The number of anilines is 1. The van der Waals surface area contributed by atoms with Crippen molar-refractivity contribution in [1.82, 2.24) is 15.3 Å². The molecule has 0 aromatic carbocycles. The summed E-state index contributed by atoms with van der Waals surface area (Å²) >= 11 is 1.30. The number of carbonyl (C=O) groups is 1. The largest absolute Gasteiger partial charge is 0.477 e. The molecular formula is C19H24F2N4O3S. The van der Waals surface area contributed by atoms with Crippen LogP contribution in [0.3, 0.4) is 0 Å². The minimum absolute atomic E-state index is 0.00511. The van der Waals surface area contributed by atoms with E-state index in [9.17, 15) is 13.6 Å². The molecule has 158 valence electrons. The number of nitrogens with one attached hydrogen (secondary N) is 1. The third-order valence-corrected chi connectivity index (χ3v) is 6.05. The predicted octanol–water partition coefficient (Wildman–Crippen LogP) is 2.85. The molecule has 1 aliphatic heterocycles. The van der Waals surface area contributed by atoms with Crippen LogP contribution in [0.25, 0.3) is 10.3 Å². The fraction of sp³-hybridized carbons (Fsp3) is 0.632. The van der Waals surface area contributed by atoms with Crippen LogP contribution in [-0.4, -0.2) is 60.2 Å². The molecule has 2 aromatic heterocycles. The second-order valence-electron chi connectivity index (χ2n) is 7.89. The average molecular weight is 426 g/mol. The second-order valence-corrected chi connectivity index (χ2v) is 8.84. The molecule has 2 aliphatic rings. The topological polar surface area (TPSA) is 76.6 Å². The van der Waals surface area contributed by atoms with E-state index in [1.165, 1.54) is 18.3 Å². The number of rotatable bonds is 8. The zero-order valence-corrected chi connectivity index (χ0v) is 17.2. The highest BCUT2D eigenvalue weighted by Gasteiger charge is 2.45. The van der Waals surface area contributed by atoms with Crippen molar-refractivity contribution in [3.63, 3.8) is 0 Å². The molecule has 0 unspecified atom stereocenters. The van der Waals surface area contributed by atoms with E-state index in [-0.39, 0.29) is 31.1 Å². The molecule has 4 rings (SSSR count). The Kier molecular flexibility index (Phi) is 5.56. The Morgan fingerprint density at radius 3 is 2.83 bits per heavy atom. The van der Waals surface area contributed by atoms with Crippen molar-refractivity contribution in [3.8, 4) is 5.88 Å². The summed E-state index contributed by atoms with van der Waals surface area (Å²) in [4.78, 5) is 22.1. The van der Waals surface area contributed by atoms with Crippen LogP contribution in [0.2, 0.25) is 0 Å². The standard InChI is InChI=1S/C19H24F2N4O3S/c1-11(22-12(2)26)7-27-14-5-13(6-14)8-28-16-4-3-15-17(24-16)29-18(23-15)25-9-19(20,21)10-25/h3-4,11,13-14H,5-10H2,1-2H3,(H,22,26)/t11-,13-,14-/m0/s1. The number of halogens is 2. The number of aromatic nitrogens is 2. The number of hydrogen-bond acceptors (Lipinski definition) is 7. The average Bonchev–Trinajstić information content (AvgIpc) is 3.00.